The Balaban J connectivity index is 0.000000250. The van der Waals surface area contributed by atoms with E-state index >= 15 is 0 Å². The summed E-state index contributed by atoms with van der Waals surface area (Å²) in [5.41, 5.74) is 1.84. The van der Waals surface area contributed by atoms with E-state index in [-0.39, 0.29) is 23.7 Å². The van der Waals surface area contributed by atoms with E-state index in [9.17, 15) is 29.4 Å². The largest absolute Gasteiger partial charge is 0.480 e. The Morgan fingerprint density at radius 2 is 0.870 bits per heavy atom. The minimum atomic E-state index is -0.974. The van der Waals surface area contributed by atoms with Gasteiger partial charge in [0.15, 0.2) is 0 Å². The molecular formula is C38H54N2O6. The standard InChI is InChI=1S/2C19H27NO3/c2*1-13(2)15-8-10-16(11-9-15)18(21)20-17(19(22)23)12-14-6-4-3-5-7-14/h2*3-7,13,15-17H,8-12H2,1-2H3,(H,20,21)(H,22,23)/t2*15-,16-,17-/m11/s1. The first kappa shape index (κ1) is 36.8. The molecule has 0 bridgehead atoms. The minimum absolute atomic E-state index is 0.0392. The van der Waals surface area contributed by atoms with Gasteiger partial charge in [0.2, 0.25) is 11.8 Å². The van der Waals surface area contributed by atoms with Crippen molar-refractivity contribution in [2.24, 2.45) is 35.5 Å². The van der Waals surface area contributed by atoms with Crippen LogP contribution in [0.25, 0.3) is 0 Å². The Morgan fingerprint density at radius 3 is 1.13 bits per heavy atom. The third-order valence-corrected chi connectivity index (χ3v) is 9.97. The van der Waals surface area contributed by atoms with Gasteiger partial charge in [0.25, 0.3) is 0 Å². The van der Waals surface area contributed by atoms with Gasteiger partial charge >= 0.3 is 11.9 Å². The normalized spacial score (nSPS) is 22.6. The highest BCUT2D eigenvalue weighted by Gasteiger charge is 2.31. The predicted octanol–water partition coefficient (Wildman–Crippen LogP) is 6.52. The Labute approximate surface area is 274 Å². The third kappa shape index (κ3) is 11.9. The molecule has 0 radical (unpaired) electrons. The van der Waals surface area contributed by atoms with E-state index in [0.29, 0.717) is 36.5 Å². The molecule has 2 atom stereocenters. The van der Waals surface area contributed by atoms with Crippen molar-refractivity contribution in [1.29, 1.82) is 0 Å². The lowest BCUT2D eigenvalue weighted by atomic mass is 9.76. The summed E-state index contributed by atoms with van der Waals surface area (Å²) in [6, 6.07) is 17.1. The van der Waals surface area contributed by atoms with Crippen LogP contribution in [0, 0.1) is 35.5 Å². The number of carbonyl (C=O) groups is 4. The van der Waals surface area contributed by atoms with E-state index in [2.05, 4.69) is 38.3 Å². The second-order valence-electron chi connectivity index (χ2n) is 13.9. The third-order valence-electron chi connectivity index (χ3n) is 9.97. The first-order valence-electron chi connectivity index (χ1n) is 17.1. The van der Waals surface area contributed by atoms with Crippen LogP contribution in [0.1, 0.15) is 90.2 Å². The van der Waals surface area contributed by atoms with Gasteiger partial charge in [0.05, 0.1) is 0 Å². The molecule has 2 aromatic rings. The summed E-state index contributed by atoms with van der Waals surface area (Å²) in [6.45, 7) is 8.91. The van der Waals surface area contributed by atoms with Crippen molar-refractivity contribution >= 4 is 23.8 Å². The molecule has 4 rings (SSSR count). The molecule has 2 fully saturated rings. The van der Waals surface area contributed by atoms with E-state index in [0.717, 1.165) is 62.5 Å². The fourth-order valence-electron chi connectivity index (χ4n) is 6.77. The molecule has 0 saturated heterocycles. The molecule has 46 heavy (non-hydrogen) atoms. The van der Waals surface area contributed by atoms with Gasteiger partial charge in [-0.2, -0.15) is 0 Å². The zero-order valence-electron chi connectivity index (χ0n) is 28.0. The average Bonchev–Trinajstić information content (AvgIpc) is 3.05. The van der Waals surface area contributed by atoms with Gasteiger partial charge in [0.1, 0.15) is 12.1 Å². The fraction of sp³-hybridized carbons (Fsp3) is 0.579. The second-order valence-corrected chi connectivity index (χ2v) is 13.9. The van der Waals surface area contributed by atoms with Crippen LogP contribution in [-0.4, -0.2) is 46.0 Å². The topological polar surface area (TPSA) is 133 Å². The molecule has 252 valence electrons. The fourth-order valence-corrected chi connectivity index (χ4v) is 6.77. The van der Waals surface area contributed by atoms with Gasteiger partial charge in [0, 0.05) is 24.7 Å². The molecule has 4 N–H and O–H groups in total. The van der Waals surface area contributed by atoms with E-state index < -0.39 is 24.0 Å². The van der Waals surface area contributed by atoms with Crippen LogP contribution in [0.5, 0.6) is 0 Å². The summed E-state index contributed by atoms with van der Waals surface area (Å²) in [5.74, 6) is 0.470. The maximum atomic E-state index is 12.4. The van der Waals surface area contributed by atoms with E-state index in [1.54, 1.807) is 0 Å². The van der Waals surface area contributed by atoms with Crippen molar-refractivity contribution in [2.45, 2.75) is 104 Å². The number of amides is 2. The number of nitrogens with one attached hydrogen (secondary N) is 2. The summed E-state index contributed by atoms with van der Waals surface area (Å²) in [5, 5.41) is 24.2. The highest BCUT2D eigenvalue weighted by molar-refractivity contribution is 5.86. The smallest absolute Gasteiger partial charge is 0.326 e. The van der Waals surface area contributed by atoms with Crippen molar-refractivity contribution in [3.8, 4) is 0 Å². The predicted molar refractivity (Wildman–Crippen MR) is 180 cm³/mol. The Hall–Kier alpha value is -3.68. The van der Waals surface area contributed by atoms with Crippen molar-refractivity contribution in [2.75, 3.05) is 0 Å². The van der Waals surface area contributed by atoms with Crippen LogP contribution in [0.15, 0.2) is 60.7 Å². The summed E-state index contributed by atoms with van der Waals surface area (Å²) >= 11 is 0. The van der Waals surface area contributed by atoms with E-state index in [1.165, 1.54) is 0 Å². The van der Waals surface area contributed by atoms with Gasteiger partial charge < -0.3 is 20.8 Å². The lowest BCUT2D eigenvalue weighted by molar-refractivity contribution is -0.143. The molecule has 0 spiro atoms. The number of hydrogen-bond acceptors (Lipinski definition) is 4. The molecule has 2 aliphatic carbocycles. The van der Waals surface area contributed by atoms with Crippen molar-refractivity contribution in [3.63, 3.8) is 0 Å². The van der Waals surface area contributed by atoms with E-state index in [1.807, 2.05) is 60.7 Å². The summed E-state index contributed by atoms with van der Waals surface area (Å²) in [6.07, 6.45) is 8.36. The van der Waals surface area contributed by atoms with Gasteiger partial charge in [-0.1, -0.05) is 88.4 Å². The summed E-state index contributed by atoms with van der Waals surface area (Å²) in [4.78, 5) is 47.7. The first-order valence-corrected chi connectivity index (χ1v) is 17.1. The van der Waals surface area contributed by atoms with Crippen LogP contribution in [0.2, 0.25) is 0 Å². The van der Waals surface area contributed by atoms with Crippen LogP contribution >= 0.6 is 0 Å². The molecule has 0 unspecified atom stereocenters. The number of benzene rings is 2. The van der Waals surface area contributed by atoms with Crippen LogP contribution in [-0.2, 0) is 32.0 Å². The second kappa shape index (κ2) is 18.5. The van der Waals surface area contributed by atoms with E-state index in [4.69, 9.17) is 0 Å². The van der Waals surface area contributed by atoms with Crippen molar-refractivity contribution in [1.82, 2.24) is 10.6 Å². The molecule has 2 amide bonds. The summed E-state index contributed by atoms with van der Waals surface area (Å²) in [7, 11) is 0. The lowest BCUT2D eigenvalue weighted by Gasteiger charge is -2.30. The highest BCUT2D eigenvalue weighted by atomic mass is 16.4. The zero-order chi connectivity index (χ0) is 33.6. The Bertz CT molecular complexity index is 1130. The lowest BCUT2D eigenvalue weighted by Crippen LogP contribution is -2.45. The molecule has 8 heteroatoms. The van der Waals surface area contributed by atoms with Crippen LogP contribution in [0.4, 0.5) is 0 Å². The molecule has 2 aromatic carbocycles. The quantitative estimate of drug-likeness (QED) is 0.210. The molecule has 0 aliphatic heterocycles. The maximum absolute atomic E-state index is 12.4. The number of carbonyl (C=O) groups excluding carboxylic acids is 2. The van der Waals surface area contributed by atoms with Gasteiger partial charge in [-0.25, -0.2) is 9.59 Å². The molecule has 2 saturated carbocycles. The number of carboxylic acids is 2. The van der Waals surface area contributed by atoms with Gasteiger partial charge in [-0.15, -0.1) is 0 Å². The average molecular weight is 635 g/mol. The number of carboxylic acid groups (broad SMARTS) is 2. The summed E-state index contributed by atoms with van der Waals surface area (Å²) < 4.78 is 0. The Morgan fingerprint density at radius 1 is 0.565 bits per heavy atom. The highest BCUT2D eigenvalue weighted by Crippen LogP contribution is 2.34. The van der Waals surface area contributed by atoms with Crippen LogP contribution < -0.4 is 10.6 Å². The minimum Gasteiger partial charge on any atom is -0.480 e. The van der Waals surface area contributed by atoms with Gasteiger partial charge in [-0.3, -0.25) is 9.59 Å². The number of hydrogen-bond donors (Lipinski definition) is 4. The SMILES string of the molecule is CC(C)[C@H]1CC[C@H](C(=O)N[C@H](Cc2ccccc2)C(=O)O)CC1.CC(C)[C@H]1CC[C@H](C(=O)N[C@H](Cc2ccccc2)C(=O)O)CC1. The molecular weight excluding hydrogens is 580 g/mol. The zero-order valence-corrected chi connectivity index (χ0v) is 28.0. The van der Waals surface area contributed by atoms with Crippen molar-refractivity contribution < 1.29 is 29.4 Å². The molecule has 0 aromatic heterocycles. The number of rotatable bonds is 12. The maximum Gasteiger partial charge on any atom is 0.326 e. The number of aliphatic carboxylic acids is 2. The molecule has 0 heterocycles. The van der Waals surface area contributed by atoms with Crippen LogP contribution in [0.3, 0.4) is 0 Å². The van der Waals surface area contributed by atoms with Crippen molar-refractivity contribution in [3.05, 3.63) is 71.8 Å². The Kier molecular flexibility index (Phi) is 14.8. The first-order chi connectivity index (χ1) is 21.9. The molecule has 2 aliphatic rings. The van der Waals surface area contributed by atoms with Gasteiger partial charge in [-0.05, 0) is 86.2 Å². The molecule has 8 nitrogen and oxygen atoms in total. The monoisotopic (exact) mass is 634 g/mol.